The fraction of sp³-hybridized carbons (Fsp3) is 0.382. The Kier molecular flexibility index (Phi) is 8.18. The molecule has 6 rings (SSSR count). The van der Waals surface area contributed by atoms with Crippen LogP contribution >= 0.6 is 0 Å². The molecule has 1 saturated heterocycles. The van der Waals surface area contributed by atoms with Gasteiger partial charge in [-0.25, -0.2) is 8.60 Å². The monoisotopic (exact) mass is 632 g/mol. The largest absolute Gasteiger partial charge is 0.495 e. The van der Waals surface area contributed by atoms with E-state index in [0.29, 0.717) is 28.8 Å². The smallest absolute Gasteiger partial charge is 0.460 e. The van der Waals surface area contributed by atoms with Crippen molar-refractivity contribution < 1.29 is 31.7 Å². The molecule has 0 radical (unpaired) electrons. The molecule has 1 amide bonds. The summed E-state index contributed by atoms with van der Waals surface area (Å²) in [5.41, 5.74) is 10.8. The van der Waals surface area contributed by atoms with Crippen LogP contribution < -0.4 is 15.5 Å². The van der Waals surface area contributed by atoms with E-state index in [9.17, 15) is 17.9 Å². The number of hydrogen-bond donors (Lipinski definition) is 2. The molecule has 4 aromatic rings. The Morgan fingerprint density at radius 1 is 1.04 bits per heavy atom. The third-order valence-corrected chi connectivity index (χ3v) is 10.1. The molecule has 1 aromatic heterocycles. The van der Waals surface area contributed by atoms with Crippen LogP contribution in [0.4, 0.5) is 10.1 Å². The topological polar surface area (TPSA) is 115 Å². The van der Waals surface area contributed by atoms with E-state index in [1.807, 2.05) is 52.8 Å². The van der Waals surface area contributed by atoms with Crippen molar-refractivity contribution >= 4 is 46.4 Å². The van der Waals surface area contributed by atoms with Gasteiger partial charge in [-0.15, -0.1) is 0 Å². The normalized spacial score (nSPS) is 18.0. The number of benzene rings is 3. The molecule has 3 aromatic carbocycles. The summed E-state index contributed by atoms with van der Waals surface area (Å²) < 4.78 is 56.9. The van der Waals surface area contributed by atoms with Gasteiger partial charge >= 0.3 is 7.12 Å². The van der Waals surface area contributed by atoms with Gasteiger partial charge in [-0.2, -0.15) is 0 Å². The van der Waals surface area contributed by atoms with E-state index >= 15 is 0 Å². The highest BCUT2D eigenvalue weighted by atomic mass is 32.2. The summed E-state index contributed by atoms with van der Waals surface area (Å²) in [6.45, 7) is 10.4. The Morgan fingerprint density at radius 2 is 1.69 bits per heavy atom. The summed E-state index contributed by atoms with van der Waals surface area (Å²) in [4.78, 5) is 12.6. The number of furan rings is 1. The van der Waals surface area contributed by atoms with Crippen LogP contribution in [0.25, 0.3) is 11.0 Å². The number of hydrogen-bond acceptors (Lipinski definition) is 5. The standard InChI is InChI=1S/C34H38BFN2O6S/c1-20-16-22(8-13-27(20)35-43-33(2,3)34(4,5)44-35)14-15-38(45(40)41)28-19-29-26(18-25(28)23-9-10-23)31(32(37)39)30(42-29)17-21-6-11-24(36)12-7-21/h6-8,11-13,16,18-19,23H,9-10,14-15,17H2,1-5H3,(H2,37,39)(H,40,41). The molecule has 1 saturated carbocycles. The molecule has 1 aliphatic carbocycles. The zero-order valence-corrected chi connectivity index (χ0v) is 27.0. The number of halogens is 1. The minimum absolute atomic E-state index is 0.202. The van der Waals surface area contributed by atoms with Gasteiger partial charge in [-0.05, 0) is 100 Å². The van der Waals surface area contributed by atoms with E-state index in [2.05, 4.69) is 6.07 Å². The quantitative estimate of drug-likeness (QED) is 0.165. The molecule has 2 aliphatic rings. The number of amides is 1. The Labute approximate surface area is 265 Å². The van der Waals surface area contributed by atoms with Crippen molar-refractivity contribution in [1.29, 1.82) is 0 Å². The molecule has 0 spiro atoms. The van der Waals surface area contributed by atoms with Gasteiger partial charge in [-0.3, -0.25) is 13.7 Å². The van der Waals surface area contributed by atoms with Crippen LogP contribution in [-0.4, -0.2) is 39.5 Å². The van der Waals surface area contributed by atoms with Gasteiger partial charge in [0, 0.05) is 24.4 Å². The lowest BCUT2D eigenvalue weighted by molar-refractivity contribution is 0.00578. The predicted molar refractivity (Wildman–Crippen MR) is 175 cm³/mol. The van der Waals surface area contributed by atoms with Gasteiger partial charge in [0.1, 0.15) is 17.2 Å². The highest BCUT2D eigenvalue weighted by molar-refractivity contribution is 7.80. The number of nitrogens with zero attached hydrogens (tertiary/aromatic N) is 1. The van der Waals surface area contributed by atoms with Crippen molar-refractivity contribution in [3.05, 3.63) is 94.0 Å². The van der Waals surface area contributed by atoms with Gasteiger partial charge < -0.3 is 19.5 Å². The summed E-state index contributed by atoms with van der Waals surface area (Å²) in [7, 11) is -0.468. The lowest BCUT2D eigenvalue weighted by Gasteiger charge is -2.32. The number of nitrogens with two attached hydrogens (primary N) is 1. The van der Waals surface area contributed by atoms with Crippen molar-refractivity contribution in [1.82, 2.24) is 0 Å². The fourth-order valence-electron chi connectivity index (χ4n) is 5.96. The average Bonchev–Trinajstić information content (AvgIpc) is 3.69. The highest BCUT2D eigenvalue weighted by Crippen LogP contribution is 2.47. The van der Waals surface area contributed by atoms with Crippen molar-refractivity contribution in [3.8, 4) is 0 Å². The van der Waals surface area contributed by atoms with E-state index in [1.165, 1.54) is 16.4 Å². The zero-order valence-electron chi connectivity index (χ0n) is 26.2. The number of aryl methyl sites for hydroxylation is 1. The number of fused-ring (bicyclic) bond motifs is 1. The molecule has 11 heteroatoms. The van der Waals surface area contributed by atoms with Crippen LogP contribution in [0.15, 0.2) is 59.0 Å². The Bertz CT molecular complexity index is 1780. The molecular weight excluding hydrogens is 594 g/mol. The zero-order chi connectivity index (χ0) is 32.3. The second-order valence-corrected chi connectivity index (χ2v) is 14.0. The second-order valence-electron chi connectivity index (χ2n) is 13.1. The SMILES string of the molecule is Cc1cc(CCN(c2cc3oc(Cc4ccc(F)cc4)c(C(N)=O)c3cc2C2CC2)S(=O)O)ccc1B1OC(C)(C)C(C)(C)O1. The number of anilines is 1. The molecule has 1 atom stereocenters. The Morgan fingerprint density at radius 3 is 2.27 bits per heavy atom. The number of carbonyl (C=O) groups excluding carboxylic acids is 1. The Balaban J connectivity index is 1.29. The van der Waals surface area contributed by atoms with Crippen molar-refractivity contribution in [2.24, 2.45) is 5.73 Å². The van der Waals surface area contributed by atoms with Gasteiger partial charge in [-0.1, -0.05) is 35.9 Å². The van der Waals surface area contributed by atoms with Crippen LogP contribution in [-0.2, 0) is 33.4 Å². The third kappa shape index (κ3) is 6.19. The maximum absolute atomic E-state index is 13.5. The van der Waals surface area contributed by atoms with Crippen LogP contribution in [0, 0.1) is 12.7 Å². The first-order valence-corrected chi connectivity index (χ1v) is 16.3. The van der Waals surface area contributed by atoms with Gasteiger partial charge in [0.25, 0.3) is 17.2 Å². The first kappa shape index (κ1) is 31.5. The first-order valence-electron chi connectivity index (χ1n) is 15.2. The highest BCUT2D eigenvalue weighted by Gasteiger charge is 2.52. The minimum atomic E-state index is -2.32. The summed E-state index contributed by atoms with van der Waals surface area (Å²) in [6.07, 6.45) is 2.64. The molecule has 1 unspecified atom stereocenters. The molecule has 45 heavy (non-hydrogen) atoms. The van der Waals surface area contributed by atoms with E-state index in [4.69, 9.17) is 19.5 Å². The maximum Gasteiger partial charge on any atom is 0.495 e. The lowest BCUT2D eigenvalue weighted by atomic mass is 9.75. The van der Waals surface area contributed by atoms with Gasteiger partial charge in [0.2, 0.25) is 0 Å². The summed E-state index contributed by atoms with van der Waals surface area (Å²) in [5, 5.41) is 0.572. The van der Waals surface area contributed by atoms with Crippen LogP contribution in [0.5, 0.6) is 0 Å². The number of primary amides is 1. The van der Waals surface area contributed by atoms with E-state index in [-0.39, 0.29) is 30.3 Å². The summed E-state index contributed by atoms with van der Waals surface area (Å²) in [6, 6.07) is 15.7. The second kappa shape index (κ2) is 11.7. The van der Waals surface area contributed by atoms with Crippen molar-refractivity contribution in [2.45, 2.75) is 77.4 Å². The predicted octanol–water partition coefficient (Wildman–Crippen LogP) is 5.93. The number of rotatable bonds is 10. The van der Waals surface area contributed by atoms with Crippen molar-refractivity contribution in [2.75, 3.05) is 10.8 Å². The Hall–Kier alpha value is -3.51. The summed E-state index contributed by atoms with van der Waals surface area (Å²) in [5.74, 6) is -0.405. The first-order chi connectivity index (χ1) is 21.2. The maximum atomic E-state index is 13.5. The molecule has 3 N–H and O–H groups in total. The molecule has 8 nitrogen and oxygen atoms in total. The fourth-order valence-corrected chi connectivity index (χ4v) is 6.53. The number of carbonyl (C=O) groups is 1. The van der Waals surface area contributed by atoms with Gasteiger partial charge in [0.15, 0.2) is 0 Å². The molecule has 2 heterocycles. The van der Waals surface area contributed by atoms with Gasteiger partial charge in [0.05, 0.1) is 22.5 Å². The van der Waals surface area contributed by atoms with Crippen LogP contribution in [0.1, 0.15) is 84.8 Å². The molecule has 0 bridgehead atoms. The van der Waals surface area contributed by atoms with Crippen LogP contribution in [0.2, 0.25) is 0 Å². The third-order valence-electron chi connectivity index (χ3n) is 9.35. The molecule has 2 fully saturated rings. The minimum Gasteiger partial charge on any atom is -0.460 e. The van der Waals surface area contributed by atoms with Crippen molar-refractivity contribution in [3.63, 3.8) is 0 Å². The summed E-state index contributed by atoms with van der Waals surface area (Å²) >= 11 is -2.32. The average molecular weight is 633 g/mol. The van der Waals surface area contributed by atoms with Crippen LogP contribution in [0.3, 0.4) is 0 Å². The molecule has 1 aliphatic heterocycles. The molecule has 236 valence electrons. The lowest BCUT2D eigenvalue weighted by Crippen LogP contribution is -2.41. The van der Waals surface area contributed by atoms with E-state index in [0.717, 1.165) is 40.6 Å². The van der Waals surface area contributed by atoms with E-state index < -0.39 is 35.5 Å². The molecular formula is C34H38BFN2O6S. The van der Waals surface area contributed by atoms with E-state index in [1.54, 1.807) is 18.2 Å².